The number of pyridine rings is 1. The first-order valence-electron chi connectivity index (χ1n) is 7.93. The maximum Gasteiger partial charge on any atom is 0.355 e. The zero-order valence-electron chi connectivity index (χ0n) is 14.4. The number of aryl methyl sites for hydroxylation is 1. The molecule has 2 heterocycles. The van der Waals surface area contributed by atoms with Crippen LogP contribution in [-0.2, 0) is 11.2 Å². The number of aromatic nitrogens is 3. The van der Waals surface area contributed by atoms with Gasteiger partial charge in [-0.2, -0.15) is 4.98 Å². The molecule has 0 aliphatic carbocycles. The summed E-state index contributed by atoms with van der Waals surface area (Å²) in [5.41, 5.74) is 4.01. The fraction of sp³-hybridized carbons (Fsp3) is 0.316. The molecule has 1 aromatic carbocycles. The molecule has 0 amide bonds. The second kappa shape index (κ2) is 6.40. The molecule has 4 nitrogen and oxygen atoms in total. The minimum absolute atomic E-state index is 0.152. The minimum atomic E-state index is -0.283. The fourth-order valence-corrected chi connectivity index (χ4v) is 3.25. The number of rotatable bonds is 3. The average molecular weight is 339 g/mol. The summed E-state index contributed by atoms with van der Waals surface area (Å²) < 4.78 is 1.48. The van der Waals surface area contributed by atoms with Gasteiger partial charge in [-0.05, 0) is 35.1 Å². The molecule has 5 heteroatoms. The summed E-state index contributed by atoms with van der Waals surface area (Å²) in [6.07, 6.45) is 1.70. The van der Waals surface area contributed by atoms with Gasteiger partial charge in [0.05, 0.1) is 0 Å². The maximum atomic E-state index is 12.1. The second-order valence-corrected chi connectivity index (χ2v) is 7.85. The highest BCUT2D eigenvalue weighted by atomic mass is 32.2. The molecule has 124 valence electrons. The second-order valence-electron chi connectivity index (χ2n) is 6.91. The molecule has 0 atom stereocenters. The summed E-state index contributed by atoms with van der Waals surface area (Å²) in [5, 5.41) is 0.522. The Morgan fingerprint density at radius 2 is 1.79 bits per heavy atom. The molecule has 0 fully saturated rings. The van der Waals surface area contributed by atoms with Crippen molar-refractivity contribution in [2.45, 2.75) is 44.0 Å². The van der Waals surface area contributed by atoms with Gasteiger partial charge in [0, 0.05) is 11.9 Å². The Balaban J connectivity index is 1.81. The van der Waals surface area contributed by atoms with E-state index in [1.165, 1.54) is 27.3 Å². The van der Waals surface area contributed by atoms with Crippen LogP contribution in [0.25, 0.3) is 5.65 Å². The summed E-state index contributed by atoms with van der Waals surface area (Å²) in [5.74, 6) is 0.742. The standard InChI is InChI=1S/C19H21N3OS/c1-13-6-5-11-22-16(13)20-17(21-18(22)23)24-12-14-7-9-15(10-8-14)19(2,3)4/h5-11H,12H2,1-4H3. The van der Waals surface area contributed by atoms with Crippen molar-refractivity contribution in [2.75, 3.05) is 0 Å². The Morgan fingerprint density at radius 1 is 1.08 bits per heavy atom. The lowest BCUT2D eigenvalue weighted by Gasteiger charge is -2.19. The third kappa shape index (κ3) is 3.51. The van der Waals surface area contributed by atoms with Crippen molar-refractivity contribution in [3.05, 3.63) is 69.8 Å². The summed E-state index contributed by atoms with van der Waals surface area (Å²) in [6, 6.07) is 12.4. The molecule has 3 rings (SSSR count). The van der Waals surface area contributed by atoms with Gasteiger partial charge in [0.15, 0.2) is 5.16 Å². The third-order valence-electron chi connectivity index (χ3n) is 3.95. The first kappa shape index (κ1) is 16.7. The lowest BCUT2D eigenvalue weighted by molar-refractivity contribution is 0.590. The molecule has 0 bridgehead atoms. The molecule has 0 saturated carbocycles. The zero-order chi connectivity index (χ0) is 17.3. The van der Waals surface area contributed by atoms with Gasteiger partial charge in [0.25, 0.3) is 0 Å². The molecule has 0 N–H and O–H groups in total. The van der Waals surface area contributed by atoms with E-state index >= 15 is 0 Å². The number of hydrogen-bond acceptors (Lipinski definition) is 4. The topological polar surface area (TPSA) is 47.3 Å². The van der Waals surface area contributed by atoms with Crippen molar-refractivity contribution in [1.82, 2.24) is 14.4 Å². The van der Waals surface area contributed by atoms with Crippen LogP contribution in [0.15, 0.2) is 52.5 Å². The molecule has 3 aromatic rings. The van der Waals surface area contributed by atoms with Crippen LogP contribution in [0.1, 0.15) is 37.5 Å². The predicted octanol–water partition coefficient (Wildman–Crippen LogP) is 3.99. The lowest BCUT2D eigenvalue weighted by atomic mass is 9.87. The van der Waals surface area contributed by atoms with Crippen LogP contribution in [0, 0.1) is 6.92 Å². The predicted molar refractivity (Wildman–Crippen MR) is 98.7 cm³/mol. The molecule has 0 aliphatic heterocycles. The van der Waals surface area contributed by atoms with Gasteiger partial charge in [0.1, 0.15) is 5.65 Å². The van der Waals surface area contributed by atoms with Crippen molar-refractivity contribution in [2.24, 2.45) is 0 Å². The van der Waals surface area contributed by atoms with Crippen LogP contribution in [0.3, 0.4) is 0 Å². The quantitative estimate of drug-likeness (QED) is 0.677. The van der Waals surface area contributed by atoms with E-state index in [1.807, 2.05) is 19.1 Å². The Bertz CT molecular complexity index is 924. The zero-order valence-corrected chi connectivity index (χ0v) is 15.2. The Labute approximate surface area is 146 Å². The first-order chi connectivity index (χ1) is 11.3. The van der Waals surface area contributed by atoms with Crippen molar-refractivity contribution in [1.29, 1.82) is 0 Å². The van der Waals surface area contributed by atoms with Crippen molar-refractivity contribution in [3.8, 4) is 0 Å². The molecular formula is C19H21N3OS. The van der Waals surface area contributed by atoms with E-state index in [1.54, 1.807) is 6.20 Å². The maximum absolute atomic E-state index is 12.1. The van der Waals surface area contributed by atoms with E-state index in [9.17, 15) is 4.79 Å². The molecule has 2 aromatic heterocycles. The van der Waals surface area contributed by atoms with Crippen LogP contribution in [-0.4, -0.2) is 14.4 Å². The summed E-state index contributed by atoms with van der Waals surface area (Å²) in [6.45, 7) is 8.56. The van der Waals surface area contributed by atoms with E-state index < -0.39 is 0 Å². The van der Waals surface area contributed by atoms with Crippen LogP contribution in [0.4, 0.5) is 0 Å². The highest BCUT2D eigenvalue weighted by Gasteiger charge is 2.13. The van der Waals surface area contributed by atoms with E-state index in [0.29, 0.717) is 10.8 Å². The van der Waals surface area contributed by atoms with Crippen LogP contribution in [0.2, 0.25) is 0 Å². The van der Waals surface area contributed by atoms with Gasteiger partial charge in [-0.15, -0.1) is 0 Å². The fourth-order valence-electron chi connectivity index (χ4n) is 2.47. The van der Waals surface area contributed by atoms with E-state index in [-0.39, 0.29) is 11.1 Å². The third-order valence-corrected chi connectivity index (χ3v) is 4.87. The van der Waals surface area contributed by atoms with Gasteiger partial charge in [0.2, 0.25) is 0 Å². The summed E-state index contributed by atoms with van der Waals surface area (Å²) in [7, 11) is 0. The van der Waals surface area contributed by atoms with E-state index in [0.717, 1.165) is 11.3 Å². The highest BCUT2D eigenvalue weighted by Crippen LogP contribution is 2.24. The van der Waals surface area contributed by atoms with Gasteiger partial charge in [-0.3, -0.25) is 4.40 Å². The number of benzene rings is 1. The molecular weight excluding hydrogens is 318 g/mol. The molecule has 0 unspecified atom stereocenters. The van der Waals surface area contributed by atoms with E-state index in [4.69, 9.17) is 0 Å². The summed E-state index contributed by atoms with van der Waals surface area (Å²) in [4.78, 5) is 20.7. The molecule has 0 radical (unpaired) electrons. The van der Waals surface area contributed by atoms with Crippen molar-refractivity contribution in [3.63, 3.8) is 0 Å². The monoisotopic (exact) mass is 339 g/mol. The molecule has 0 saturated heterocycles. The van der Waals surface area contributed by atoms with Crippen LogP contribution < -0.4 is 5.69 Å². The van der Waals surface area contributed by atoms with Gasteiger partial charge < -0.3 is 0 Å². The molecule has 0 spiro atoms. The smallest absolute Gasteiger partial charge is 0.251 e. The SMILES string of the molecule is Cc1cccn2c(=O)nc(SCc3ccc(C(C)(C)C)cc3)nc12. The van der Waals surface area contributed by atoms with E-state index in [2.05, 4.69) is 55.0 Å². The number of nitrogens with zero attached hydrogens (tertiary/aromatic N) is 3. The number of thioether (sulfide) groups is 1. The van der Waals surface area contributed by atoms with Crippen LogP contribution >= 0.6 is 11.8 Å². The highest BCUT2D eigenvalue weighted by molar-refractivity contribution is 7.98. The first-order valence-corrected chi connectivity index (χ1v) is 8.91. The minimum Gasteiger partial charge on any atom is -0.251 e. The summed E-state index contributed by atoms with van der Waals surface area (Å²) >= 11 is 1.49. The van der Waals surface area contributed by atoms with Crippen molar-refractivity contribution >= 4 is 17.4 Å². The lowest BCUT2D eigenvalue weighted by Crippen LogP contribution is -2.19. The van der Waals surface area contributed by atoms with Crippen LogP contribution in [0.5, 0.6) is 0 Å². The Hall–Kier alpha value is -2.14. The van der Waals surface area contributed by atoms with Crippen molar-refractivity contribution < 1.29 is 0 Å². The number of fused-ring (bicyclic) bond motifs is 1. The molecule has 24 heavy (non-hydrogen) atoms. The van der Waals surface area contributed by atoms with Gasteiger partial charge in [-0.25, -0.2) is 9.78 Å². The average Bonchev–Trinajstić information content (AvgIpc) is 2.53. The number of hydrogen-bond donors (Lipinski definition) is 0. The Morgan fingerprint density at radius 3 is 2.46 bits per heavy atom. The van der Waals surface area contributed by atoms with Gasteiger partial charge in [-0.1, -0.05) is 62.9 Å². The van der Waals surface area contributed by atoms with Gasteiger partial charge >= 0.3 is 5.69 Å². The molecule has 0 aliphatic rings. The largest absolute Gasteiger partial charge is 0.355 e. The Kier molecular flexibility index (Phi) is 4.45. The normalized spacial score (nSPS) is 11.8.